The summed E-state index contributed by atoms with van der Waals surface area (Å²) >= 11 is 0. The number of H-pyrrole nitrogens is 2. The predicted molar refractivity (Wildman–Crippen MR) is 76.6 cm³/mol. The van der Waals surface area contributed by atoms with Crippen molar-refractivity contribution >= 4 is 23.0 Å². The summed E-state index contributed by atoms with van der Waals surface area (Å²) in [5, 5.41) is 16.4. The highest BCUT2D eigenvalue weighted by atomic mass is 16.6. The maximum Gasteiger partial charge on any atom is 0.333 e. The minimum absolute atomic E-state index is 0.0903. The van der Waals surface area contributed by atoms with E-state index in [1.165, 1.54) is 4.68 Å². The average Bonchev–Trinajstić information content (AvgIpc) is 2.63. The highest BCUT2D eigenvalue weighted by Crippen LogP contribution is 2.23. The van der Waals surface area contributed by atoms with Crippen molar-refractivity contribution in [2.45, 2.75) is 6.92 Å². The Morgan fingerprint density at radius 2 is 1.91 bits per heavy atom. The summed E-state index contributed by atoms with van der Waals surface area (Å²) in [6, 6.07) is 0. The zero-order valence-electron chi connectivity index (χ0n) is 11.5. The summed E-state index contributed by atoms with van der Waals surface area (Å²) < 4.78 is 1.29. The van der Waals surface area contributed by atoms with E-state index in [1.807, 2.05) is 4.98 Å². The van der Waals surface area contributed by atoms with Crippen LogP contribution in [0.1, 0.15) is 5.69 Å². The molecule has 0 atom stereocenters. The van der Waals surface area contributed by atoms with Crippen LogP contribution in [0.4, 0.5) is 23.0 Å². The zero-order chi connectivity index (χ0) is 17.0. The average molecular weight is 312 g/mol. The Bertz CT molecular complexity index is 832. The van der Waals surface area contributed by atoms with E-state index in [0.717, 1.165) is 0 Å². The van der Waals surface area contributed by atoms with Crippen molar-refractivity contribution in [3.8, 4) is 0 Å². The molecule has 0 spiro atoms. The SMILES string of the molecule is Cc1nn(C)c(N)c1[N+](=O)[O-].Nc1[nH]c(=O)[nH]c(=O)c1N=O. The monoisotopic (exact) mass is 312 g/mol. The van der Waals surface area contributed by atoms with Crippen LogP contribution in [-0.2, 0) is 7.05 Å². The molecule has 0 saturated heterocycles. The topological polar surface area (TPSA) is 208 Å². The number of nitrogens with one attached hydrogen (secondary N) is 2. The van der Waals surface area contributed by atoms with Crippen molar-refractivity contribution in [3.05, 3.63) is 41.6 Å². The number of aryl methyl sites for hydroxylation is 2. The lowest BCUT2D eigenvalue weighted by Crippen LogP contribution is -2.23. The first kappa shape index (κ1) is 16.5. The van der Waals surface area contributed by atoms with E-state index in [1.54, 1.807) is 19.0 Å². The summed E-state index contributed by atoms with van der Waals surface area (Å²) in [5.41, 5.74) is 8.50. The number of aromatic amines is 2. The first-order valence-corrected chi connectivity index (χ1v) is 5.57. The molecule has 0 unspecified atom stereocenters. The normalized spacial score (nSPS) is 9.73. The fraction of sp³-hybridized carbons (Fsp3) is 0.222. The third-order valence-corrected chi connectivity index (χ3v) is 2.45. The van der Waals surface area contributed by atoms with Gasteiger partial charge in [0.05, 0.1) is 4.92 Å². The quantitative estimate of drug-likeness (QED) is 0.314. The van der Waals surface area contributed by atoms with Crippen LogP contribution in [0.3, 0.4) is 0 Å². The molecule has 0 bridgehead atoms. The second-order valence-corrected chi connectivity index (χ2v) is 3.96. The minimum Gasteiger partial charge on any atom is -0.383 e. The van der Waals surface area contributed by atoms with Crippen molar-refractivity contribution in [3.63, 3.8) is 0 Å². The molecular formula is C9H12N8O5. The molecule has 118 valence electrons. The van der Waals surface area contributed by atoms with Crippen LogP contribution < -0.4 is 22.7 Å². The maximum absolute atomic E-state index is 10.6. The lowest BCUT2D eigenvalue weighted by molar-refractivity contribution is -0.384. The molecule has 2 rings (SSSR count). The largest absolute Gasteiger partial charge is 0.383 e. The fourth-order valence-corrected chi connectivity index (χ4v) is 1.48. The van der Waals surface area contributed by atoms with Gasteiger partial charge >= 0.3 is 11.4 Å². The Hall–Kier alpha value is -3.51. The van der Waals surface area contributed by atoms with E-state index in [0.29, 0.717) is 5.69 Å². The number of hydrogen-bond acceptors (Lipinski definition) is 9. The van der Waals surface area contributed by atoms with Gasteiger partial charge in [-0.25, -0.2) is 9.48 Å². The maximum atomic E-state index is 10.6. The standard InChI is InChI=1S/C5H8N4O2.C4H4N4O3/c1-3-4(9(10)11)5(6)8(2)7-3;5-2-1(8-11)3(9)7-4(10)6-2/h6H2,1-2H3;(H4,5,6,7,9,10). The summed E-state index contributed by atoms with van der Waals surface area (Å²) in [6.07, 6.45) is 0. The first-order chi connectivity index (χ1) is 10.2. The van der Waals surface area contributed by atoms with Gasteiger partial charge < -0.3 is 11.5 Å². The number of nitroso groups, excluding NO2 is 1. The number of rotatable bonds is 2. The van der Waals surface area contributed by atoms with Gasteiger partial charge in [-0.1, -0.05) is 0 Å². The van der Waals surface area contributed by atoms with Gasteiger partial charge in [0.25, 0.3) is 5.56 Å². The molecule has 0 amide bonds. The van der Waals surface area contributed by atoms with Crippen molar-refractivity contribution in [1.29, 1.82) is 0 Å². The van der Waals surface area contributed by atoms with Gasteiger partial charge in [0.1, 0.15) is 11.5 Å². The van der Waals surface area contributed by atoms with E-state index in [4.69, 9.17) is 11.5 Å². The van der Waals surface area contributed by atoms with Crippen LogP contribution in [0, 0.1) is 21.9 Å². The Morgan fingerprint density at radius 3 is 2.23 bits per heavy atom. The van der Waals surface area contributed by atoms with Gasteiger partial charge in [-0.05, 0) is 12.1 Å². The van der Waals surface area contributed by atoms with Gasteiger partial charge in [0, 0.05) is 7.05 Å². The molecule has 2 aromatic rings. The molecule has 0 fully saturated rings. The van der Waals surface area contributed by atoms with E-state index < -0.39 is 21.9 Å². The summed E-state index contributed by atoms with van der Waals surface area (Å²) in [7, 11) is 1.56. The molecule has 13 nitrogen and oxygen atoms in total. The Labute approximate surface area is 121 Å². The molecule has 0 aliphatic heterocycles. The fourth-order valence-electron chi connectivity index (χ4n) is 1.48. The molecule has 6 N–H and O–H groups in total. The van der Waals surface area contributed by atoms with Gasteiger partial charge in [-0.3, -0.25) is 24.9 Å². The Morgan fingerprint density at radius 1 is 1.32 bits per heavy atom. The molecule has 0 saturated carbocycles. The summed E-state index contributed by atoms with van der Waals surface area (Å²) in [6.45, 7) is 1.55. The van der Waals surface area contributed by atoms with Gasteiger partial charge in [0.15, 0.2) is 0 Å². The number of nitrogens with zero attached hydrogens (tertiary/aromatic N) is 4. The van der Waals surface area contributed by atoms with E-state index in [-0.39, 0.29) is 17.3 Å². The number of nitrogens with two attached hydrogens (primary N) is 2. The van der Waals surface area contributed by atoms with Crippen LogP contribution in [0.5, 0.6) is 0 Å². The van der Waals surface area contributed by atoms with Gasteiger partial charge in [-0.2, -0.15) is 5.10 Å². The lowest BCUT2D eigenvalue weighted by Gasteiger charge is -1.91. The third kappa shape index (κ3) is 3.33. The van der Waals surface area contributed by atoms with Gasteiger partial charge in [0.2, 0.25) is 11.5 Å². The van der Waals surface area contributed by atoms with E-state index in [9.17, 15) is 24.6 Å². The number of nitro groups is 1. The van der Waals surface area contributed by atoms with Crippen LogP contribution in [0.15, 0.2) is 14.8 Å². The minimum atomic E-state index is -0.888. The first-order valence-electron chi connectivity index (χ1n) is 5.57. The molecule has 13 heteroatoms. The highest BCUT2D eigenvalue weighted by molar-refractivity contribution is 5.55. The summed E-state index contributed by atoms with van der Waals surface area (Å²) in [5.74, 6) is -0.235. The molecule has 2 heterocycles. The van der Waals surface area contributed by atoms with E-state index >= 15 is 0 Å². The number of hydrogen-bond donors (Lipinski definition) is 4. The van der Waals surface area contributed by atoms with Crippen molar-refractivity contribution in [2.24, 2.45) is 12.2 Å². The number of anilines is 2. The second kappa shape index (κ2) is 6.29. The second-order valence-electron chi connectivity index (χ2n) is 3.96. The Kier molecular flexibility index (Phi) is 4.73. The van der Waals surface area contributed by atoms with Crippen LogP contribution in [-0.4, -0.2) is 24.7 Å². The smallest absolute Gasteiger partial charge is 0.333 e. The van der Waals surface area contributed by atoms with Crippen molar-refractivity contribution < 1.29 is 4.92 Å². The zero-order valence-corrected chi connectivity index (χ0v) is 11.5. The molecule has 22 heavy (non-hydrogen) atoms. The van der Waals surface area contributed by atoms with Crippen molar-refractivity contribution in [2.75, 3.05) is 11.5 Å². The van der Waals surface area contributed by atoms with Crippen LogP contribution in [0.2, 0.25) is 0 Å². The highest BCUT2D eigenvalue weighted by Gasteiger charge is 2.20. The molecular weight excluding hydrogens is 300 g/mol. The predicted octanol–water partition coefficient (Wildman–Crippen LogP) is -0.738. The lowest BCUT2D eigenvalue weighted by atomic mass is 10.4. The van der Waals surface area contributed by atoms with Gasteiger partial charge in [-0.15, -0.1) is 4.91 Å². The Balaban J connectivity index is 0.000000220. The molecule has 2 aromatic heterocycles. The molecule has 0 radical (unpaired) electrons. The van der Waals surface area contributed by atoms with Crippen molar-refractivity contribution in [1.82, 2.24) is 19.7 Å². The van der Waals surface area contributed by atoms with Crippen LogP contribution >= 0.6 is 0 Å². The summed E-state index contributed by atoms with van der Waals surface area (Å²) in [4.78, 5) is 44.6. The molecule has 0 aromatic carbocycles. The third-order valence-electron chi connectivity index (χ3n) is 2.45. The molecule has 0 aliphatic rings. The van der Waals surface area contributed by atoms with E-state index in [2.05, 4.69) is 10.3 Å². The number of aromatic nitrogens is 4. The number of nitrogen functional groups attached to an aromatic ring is 2. The van der Waals surface area contributed by atoms with Crippen LogP contribution in [0.25, 0.3) is 0 Å². The molecule has 0 aliphatic carbocycles.